The van der Waals surface area contributed by atoms with Crippen molar-refractivity contribution < 1.29 is 28.7 Å². The van der Waals surface area contributed by atoms with Crippen LogP contribution in [0.15, 0.2) is 12.4 Å². The Labute approximate surface area is 270 Å². The van der Waals surface area contributed by atoms with Crippen molar-refractivity contribution >= 4 is 24.0 Å². The Kier molecular flexibility index (Phi) is 12.1. The maximum absolute atomic E-state index is 13.4. The SMILES string of the molecule is COC(=O)NC(C(=O)N1CCCC1c1ncc(CCCCc2cnc([C@@H]3CCCN3C(=O)C(NC(=O)OC)C(C)C)[nH]2)[nH]1)C(C)C. The molecule has 14 heteroatoms. The average Bonchev–Trinajstić information content (AvgIpc) is 3.86. The fraction of sp³-hybridized carbons (Fsp3) is 0.688. The number of amides is 4. The number of aromatic amines is 2. The summed E-state index contributed by atoms with van der Waals surface area (Å²) in [6, 6.07) is -1.63. The summed E-state index contributed by atoms with van der Waals surface area (Å²) in [6.07, 6.45) is 9.35. The zero-order valence-electron chi connectivity index (χ0n) is 27.9. The molecule has 2 aromatic rings. The molecule has 0 aliphatic carbocycles. The Morgan fingerprint density at radius 2 is 1.15 bits per heavy atom. The van der Waals surface area contributed by atoms with Gasteiger partial charge in [-0.05, 0) is 63.2 Å². The zero-order valence-corrected chi connectivity index (χ0v) is 27.9. The van der Waals surface area contributed by atoms with Crippen LogP contribution in [-0.2, 0) is 31.9 Å². The highest BCUT2D eigenvalue weighted by atomic mass is 16.5. The number of imidazole rings is 2. The summed E-state index contributed by atoms with van der Waals surface area (Å²) < 4.78 is 9.45. The molecular weight excluding hydrogens is 592 g/mol. The van der Waals surface area contributed by atoms with Gasteiger partial charge in [0.15, 0.2) is 0 Å². The first-order valence-corrected chi connectivity index (χ1v) is 16.4. The van der Waals surface area contributed by atoms with Crippen molar-refractivity contribution in [3.05, 3.63) is 35.4 Å². The van der Waals surface area contributed by atoms with Gasteiger partial charge in [0.1, 0.15) is 23.7 Å². The van der Waals surface area contributed by atoms with E-state index in [0.29, 0.717) is 13.1 Å². The summed E-state index contributed by atoms with van der Waals surface area (Å²) >= 11 is 0. The van der Waals surface area contributed by atoms with Crippen molar-refractivity contribution in [2.75, 3.05) is 27.3 Å². The van der Waals surface area contributed by atoms with Crippen LogP contribution >= 0.6 is 0 Å². The van der Waals surface area contributed by atoms with Gasteiger partial charge in [-0.2, -0.15) is 0 Å². The Morgan fingerprint density at radius 3 is 1.50 bits per heavy atom. The summed E-state index contributed by atoms with van der Waals surface area (Å²) in [5.41, 5.74) is 2.04. The first-order chi connectivity index (χ1) is 22.0. The molecule has 0 saturated carbocycles. The lowest BCUT2D eigenvalue weighted by atomic mass is 10.0. The Balaban J connectivity index is 1.28. The van der Waals surface area contributed by atoms with E-state index in [0.717, 1.165) is 74.4 Å². The van der Waals surface area contributed by atoms with E-state index in [2.05, 4.69) is 30.6 Å². The minimum atomic E-state index is -0.664. The fourth-order valence-electron chi connectivity index (χ4n) is 6.36. The van der Waals surface area contributed by atoms with Gasteiger partial charge in [-0.25, -0.2) is 19.6 Å². The molecule has 2 saturated heterocycles. The normalized spacial score (nSPS) is 19.4. The van der Waals surface area contributed by atoms with Crippen molar-refractivity contribution in [1.82, 2.24) is 40.4 Å². The highest BCUT2D eigenvalue weighted by Crippen LogP contribution is 2.33. The molecule has 4 rings (SSSR count). The second-order valence-electron chi connectivity index (χ2n) is 12.9. The van der Waals surface area contributed by atoms with Gasteiger partial charge < -0.3 is 39.9 Å². The lowest BCUT2D eigenvalue weighted by Crippen LogP contribution is -2.51. The minimum absolute atomic E-state index is 0.0851. The van der Waals surface area contributed by atoms with Crippen LogP contribution in [0.4, 0.5) is 9.59 Å². The summed E-state index contributed by atoms with van der Waals surface area (Å²) in [6.45, 7) is 8.84. The molecular formula is C32H50N8O6. The van der Waals surface area contributed by atoms with E-state index in [1.807, 2.05) is 49.9 Å². The van der Waals surface area contributed by atoms with Crippen molar-refractivity contribution in [1.29, 1.82) is 0 Å². The maximum Gasteiger partial charge on any atom is 0.407 e. The van der Waals surface area contributed by atoms with Crippen LogP contribution in [0.25, 0.3) is 0 Å². The number of rotatable bonds is 13. The molecule has 46 heavy (non-hydrogen) atoms. The van der Waals surface area contributed by atoms with E-state index in [1.54, 1.807) is 0 Å². The Bertz CT molecular complexity index is 1240. The van der Waals surface area contributed by atoms with Gasteiger partial charge in [0, 0.05) is 36.9 Å². The summed E-state index contributed by atoms with van der Waals surface area (Å²) in [5, 5.41) is 5.37. The number of ether oxygens (including phenoxy) is 2. The van der Waals surface area contributed by atoms with E-state index < -0.39 is 24.3 Å². The fourth-order valence-corrected chi connectivity index (χ4v) is 6.36. The molecule has 0 aromatic carbocycles. The molecule has 0 spiro atoms. The third kappa shape index (κ3) is 8.38. The van der Waals surface area contributed by atoms with E-state index in [1.165, 1.54) is 14.2 Å². The highest BCUT2D eigenvalue weighted by Gasteiger charge is 2.38. The predicted octanol–water partition coefficient (Wildman–Crippen LogP) is 3.79. The van der Waals surface area contributed by atoms with Crippen LogP contribution in [0, 0.1) is 11.8 Å². The van der Waals surface area contributed by atoms with Gasteiger partial charge in [0.2, 0.25) is 11.8 Å². The number of nitrogens with zero attached hydrogens (tertiary/aromatic N) is 4. The summed E-state index contributed by atoms with van der Waals surface area (Å²) in [4.78, 5) is 70.2. The number of aryl methyl sites for hydroxylation is 2. The smallest absolute Gasteiger partial charge is 0.407 e. The zero-order chi connectivity index (χ0) is 33.4. The van der Waals surface area contributed by atoms with Crippen LogP contribution in [0.1, 0.15) is 101 Å². The maximum atomic E-state index is 13.4. The number of carbonyl (C=O) groups excluding carboxylic acids is 4. The van der Waals surface area contributed by atoms with Gasteiger partial charge in [0.05, 0.1) is 26.3 Å². The Hall–Kier alpha value is -4.10. The largest absolute Gasteiger partial charge is 0.453 e. The molecule has 4 atom stereocenters. The number of methoxy groups -OCH3 is 2. The second kappa shape index (κ2) is 15.9. The summed E-state index contributed by atoms with van der Waals surface area (Å²) in [5.74, 6) is 1.13. The van der Waals surface area contributed by atoms with Crippen LogP contribution in [0.2, 0.25) is 0 Å². The number of hydrogen-bond donors (Lipinski definition) is 4. The van der Waals surface area contributed by atoms with E-state index in [9.17, 15) is 19.2 Å². The van der Waals surface area contributed by atoms with Gasteiger partial charge >= 0.3 is 12.2 Å². The lowest BCUT2D eigenvalue weighted by Gasteiger charge is -2.30. The third-order valence-electron chi connectivity index (χ3n) is 8.92. The standard InChI is InChI=1S/C32H50N8O6/c1-19(2)25(37-31(43)45-5)29(41)39-15-9-13-23(39)27-33-17-21(35-27)11-7-8-12-22-18-34-28(36-22)24-14-10-16-40(24)30(42)26(20(3)4)38-32(44)46-6/h17-20,23-26H,7-16H2,1-6H3,(H,33,35)(H,34,36)(H,37,43)(H,38,44)/t23-,24?,25?,26?/m0/s1. The number of aromatic nitrogens is 4. The van der Waals surface area contributed by atoms with Crippen LogP contribution in [0.5, 0.6) is 0 Å². The van der Waals surface area contributed by atoms with Crippen LogP contribution in [-0.4, -0.2) is 93.1 Å². The first kappa shape index (κ1) is 34.8. The molecule has 0 radical (unpaired) electrons. The van der Waals surface area contributed by atoms with Gasteiger partial charge in [-0.15, -0.1) is 0 Å². The molecule has 3 unspecified atom stereocenters. The van der Waals surface area contributed by atoms with Gasteiger partial charge in [-0.3, -0.25) is 9.59 Å². The molecule has 2 aliphatic rings. The molecule has 4 N–H and O–H groups in total. The topological polar surface area (TPSA) is 175 Å². The molecule has 4 heterocycles. The monoisotopic (exact) mass is 642 g/mol. The van der Waals surface area contributed by atoms with Crippen LogP contribution < -0.4 is 10.6 Å². The molecule has 4 amide bonds. The van der Waals surface area contributed by atoms with E-state index >= 15 is 0 Å². The first-order valence-electron chi connectivity index (χ1n) is 16.4. The van der Waals surface area contributed by atoms with Gasteiger partial charge in [-0.1, -0.05) is 27.7 Å². The third-order valence-corrected chi connectivity index (χ3v) is 8.92. The molecule has 2 fully saturated rings. The number of hydrogen-bond acceptors (Lipinski definition) is 8. The number of nitrogens with one attached hydrogen (secondary N) is 4. The number of carbonyl (C=O) groups is 4. The van der Waals surface area contributed by atoms with Crippen molar-refractivity contribution in [3.8, 4) is 0 Å². The van der Waals surface area contributed by atoms with E-state index in [-0.39, 0.29) is 35.7 Å². The molecule has 2 aliphatic heterocycles. The minimum Gasteiger partial charge on any atom is -0.453 e. The van der Waals surface area contributed by atoms with Crippen molar-refractivity contribution in [2.24, 2.45) is 11.8 Å². The number of H-pyrrole nitrogens is 2. The van der Waals surface area contributed by atoms with Crippen molar-refractivity contribution in [3.63, 3.8) is 0 Å². The number of likely N-dealkylation sites (tertiary alicyclic amines) is 2. The predicted molar refractivity (Wildman–Crippen MR) is 170 cm³/mol. The van der Waals surface area contributed by atoms with Crippen LogP contribution in [0.3, 0.4) is 0 Å². The second-order valence-corrected chi connectivity index (χ2v) is 12.9. The van der Waals surface area contributed by atoms with E-state index in [4.69, 9.17) is 9.47 Å². The van der Waals surface area contributed by atoms with Crippen molar-refractivity contribution in [2.45, 2.75) is 103 Å². The number of alkyl carbamates (subject to hydrolysis) is 2. The number of unbranched alkanes of at least 4 members (excludes halogenated alkanes) is 1. The highest BCUT2D eigenvalue weighted by molar-refractivity contribution is 5.87. The molecule has 14 nitrogen and oxygen atoms in total. The molecule has 254 valence electrons. The average molecular weight is 643 g/mol. The molecule has 2 aromatic heterocycles. The quantitative estimate of drug-likeness (QED) is 0.239. The Morgan fingerprint density at radius 1 is 0.761 bits per heavy atom. The molecule has 0 bridgehead atoms. The lowest BCUT2D eigenvalue weighted by molar-refractivity contribution is -0.136. The summed E-state index contributed by atoms with van der Waals surface area (Å²) in [7, 11) is 2.58. The van der Waals surface area contributed by atoms with Gasteiger partial charge in [0.25, 0.3) is 0 Å².